The summed E-state index contributed by atoms with van der Waals surface area (Å²) in [6, 6.07) is 0. The highest BCUT2D eigenvalue weighted by atomic mass is 16.5. The van der Waals surface area contributed by atoms with Crippen LogP contribution in [0.15, 0.2) is 0 Å². The van der Waals surface area contributed by atoms with Crippen molar-refractivity contribution in [3.8, 4) is 0 Å². The van der Waals surface area contributed by atoms with Crippen LogP contribution in [0.2, 0.25) is 0 Å². The van der Waals surface area contributed by atoms with E-state index in [0.717, 1.165) is 12.5 Å². The smallest absolute Gasteiger partial charge is 0.0677 e. The van der Waals surface area contributed by atoms with Crippen molar-refractivity contribution in [1.29, 1.82) is 0 Å². The van der Waals surface area contributed by atoms with E-state index in [1.54, 1.807) is 0 Å². The summed E-state index contributed by atoms with van der Waals surface area (Å²) in [5.74, 6) is 0.879. The molecular weight excluding hydrogens is 210 g/mol. The molecule has 2 bridgehead atoms. The Bertz CT molecular complexity index is 287. The minimum Gasteiger partial charge on any atom is -0.373 e. The van der Waals surface area contributed by atoms with Gasteiger partial charge in [0.15, 0.2) is 0 Å². The van der Waals surface area contributed by atoms with Crippen LogP contribution in [0.4, 0.5) is 0 Å². The monoisotopic (exact) mass is 239 g/mol. The first-order valence-corrected chi connectivity index (χ1v) is 7.07. The van der Waals surface area contributed by atoms with Crippen LogP contribution in [0.5, 0.6) is 0 Å². The van der Waals surface area contributed by atoms with Crippen molar-refractivity contribution in [2.45, 2.75) is 59.2 Å². The first-order valence-electron chi connectivity index (χ1n) is 7.07. The molecule has 0 amide bonds. The molecule has 2 rings (SSSR count). The first kappa shape index (κ1) is 13.4. The maximum atomic E-state index is 6.35. The second-order valence-electron chi connectivity index (χ2n) is 7.31. The van der Waals surface area contributed by atoms with E-state index in [4.69, 9.17) is 4.74 Å². The van der Waals surface area contributed by atoms with E-state index in [-0.39, 0.29) is 0 Å². The second kappa shape index (κ2) is 4.24. The summed E-state index contributed by atoms with van der Waals surface area (Å²) in [5.41, 5.74) is 0.869. The Morgan fingerprint density at radius 2 is 1.94 bits per heavy atom. The number of likely N-dealkylation sites (N-methyl/N-ethyl adjacent to an activating group) is 1. The summed E-state index contributed by atoms with van der Waals surface area (Å²) in [6.45, 7) is 10.6. The van der Waals surface area contributed by atoms with Crippen molar-refractivity contribution >= 4 is 0 Å². The molecular formula is C15H29NO. The molecule has 2 fully saturated rings. The Kier molecular flexibility index (Phi) is 3.33. The molecule has 0 aliphatic heterocycles. The SMILES string of the molecule is C[C@@H](CN(C)C)O[C@@H]1C[C@@H]2CC[C@]1(C)C2(C)C. The molecule has 4 atom stereocenters. The van der Waals surface area contributed by atoms with E-state index in [1.165, 1.54) is 19.3 Å². The van der Waals surface area contributed by atoms with Crippen molar-refractivity contribution in [3.63, 3.8) is 0 Å². The number of hydrogen-bond donors (Lipinski definition) is 0. The van der Waals surface area contributed by atoms with E-state index in [9.17, 15) is 0 Å². The van der Waals surface area contributed by atoms with Gasteiger partial charge in [-0.15, -0.1) is 0 Å². The predicted molar refractivity (Wildman–Crippen MR) is 72.1 cm³/mol. The van der Waals surface area contributed by atoms with Gasteiger partial charge in [0.25, 0.3) is 0 Å². The molecule has 2 saturated carbocycles. The van der Waals surface area contributed by atoms with Crippen LogP contribution in [0.3, 0.4) is 0 Å². The van der Waals surface area contributed by atoms with Gasteiger partial charge in [-0.05, 0) is 57.0 Å². The summed E-state index contributed by atoms with van der Waals surface area (Å²) >= 11 is 0. The number of fused-ring (bicyclic) bond motifs is 2. The highest BCUT2D eigenvalue weighted by molar-refractivity contribution is 5.11. The molecule has 0 heterocycles. The fourth-order valence-electron chi connectivity index (χ4n) is 4.17. The van der Waals surface area contributed by atoms with Crippen molar-refractivity contribution in [1.82, 2.24) is 4.90 Å². The van der Waals surface area contributed by atoms with Gasteiger partial charge in [0.2, 0.25) is 0 Å². The molecule has 0 aromatic heterocycles. The van der Waals surface area contributed by atoms with Crippen molar-refractivity contribution in [2.24, 2.45) is 16.7 Å². The summed E-state index contributed by atoms with van der Waals surface area (Å²) < 4.78 is 6.35. The average Bonchev–Trinajstić information content (AvgIpc) is 2.49. The summed E-state index contributed by atoms with van der Waals surface area (Å²) in [4.78, 5) is 2.21. The van der Waals surface area contributed by atoms with Crippen LogP contribution in [-0.4, -0.2) is 37.7 Å². The average molecular weight is 239 g/mol. The van der Waals surface area contributed by atoms with Gasteiger partial charge in [-0.1, -0.05) is 20.8 Å². The molecule has 0 aromatic rings. The minimum atomic E-state index is 0.349. The highest BCUT2D eigenvalue weighted by Gasteiger charge is 2.62. The molecule has 0 radical (unpaired) electrons. The Labute approximate surface area is 107 Å². The van der Waals surface area contributed by atoms with Gasteiger partial charge >= 0.3 is 0 Å². The lowest BCUT2D eigenvalue weighted by molar-refractivity contribution is -0.0852. The normalized spacial score (nSPS) is 41.1. The molecule has 2 nitrogen and oxygen atoms in total. The van der Waals surface area contributed by atoms with Crippen LogP contribution in [0.25, 0.3) is 0 Å². The molecule has 2 heteroatoms. The lowest BCUT2D eigenvalue weighted by Crippen LogP contribution is -2.40. The fourth-order valence-corrected chi connectivity index (χ4v) is 4.17. The standard InChI is InChI=1S/C15H29NO/c1-11(10-16(5)6)17-13-9-12-7-8-15(13,4)14(12,2)3/h11-13H,7-10H2,1-6H3/t11-,12-,13+,15-/m0/s1. The molecule has 100 valence electrons. The van der Waals surface area contributed by atoms with Crippen LogP contribution >= 0.6 is 0 Å². The van der Waals surface area contributed by atoms with Gasteiger partial charge in [-0.2, -0.15) is 0 Å². The van der Waals surface area contributed by atoms with Gasteiger partial charge in [-0.25, -0.2) is 0 Å². The van der Waals surface area contributed by atoms with E-state index in [1.807, 2.05) is 0 Å². The van der Waals surface area contributed by atoms with Gasteiger partial charge in [0.1, 0.15) is 0 Å². The zero-order chi connectivity index (χ0) is 12.8. The quantitative estimate of drug-likeness (QED) is 0.747. The van der Waals surface area contributed by atoms with Crippen molar-refractivity contribution in [3.05, 3.63) is 0 Å². The van der Waals surface area contributed by atoms with E-state index < -0.39 is 0 Å². The Balaban J connectivity index is 2.01. The van der Waals surface area contributed by atoms with Crippen molar-refractivity contribution < 1.29 is 4.74 Å². The van der Waals surface area contributed by atoms with Gasteiger partial charge in [-0.3, -0.25) is 0 Å². The van der Waals surface area contributed by atoms with E-state index in [0.29, 0.717) is 23.0 Å². The maximum absolute atomic E-state index is 6.35. The second-order valence-corrected chi connectivity index (χ2v) is 7.31. The third-order valence-electron chi connectivity index (χ3n) is 5.73. The molecule has 0 spiro atoms. The third-order valence-corrected chi connectivity index (χ3v) is 5.73. The molecule has 0 unspecified atom stereocenters. The first-order chi connectivity index (χ1) is 7.77. The number of hydrogen-bond acceptors (Lipinski definition) is 2. The van der Waals surface area contributed by atoms with Crippen LogP contribution < -0.4 is 0 Å². The van der Waals surface area contributed by atoms with Gasteiger partial charge in [0.05, 0.1) is 12.2 Å². The Hall–Kier alpha value is -0.0800. The number of nitrogens with zero attached hydrogens (tertiary/aromatic N) is 1. The Morgan fingerprint density at radius 1 is 1.29 bits per heavy atom. The van der Waals surface area contributed by atoms with E-state index >= 15 is 0 Å². The number of ether oxygens (including phenoxy) is 1. The number of rotatable bonds is 4. The summed E-state index contributed by atoms with van der Waals surface area (Å²) in [5, 5.41) is 0. The molecule has 17 heavy (non-hydrogen) atoms. The largest absolute Gasteiger partial charge is 0.373 e. The Morgan fingerprint density at radius 3 is 2.35 bits per heavy atom. The maximum Gasteiger partial charge on any atom is 0.0677 e. The predicted octanol–water partition coefficient (Wildman–Crippen LogP) is 3.17. The lowest BCUT2D eigenvalue weighted by Gasteiger charge is -2.40. The fraction of sp³-hybridized carbons (Fsp3) is 1.00. The zero-order valence-corrected chi connectivity index (χ0v) is 12.4. The molecule has 2 aliphatic rings. The topological polar surface area (TPSA) is 12.5 Å². The molecule has 0 aromatic carbocycles. The van der Waals surface area contributed by atoms with Crippen LogP contribution in [0, 0.1) is 16.7 Å². The summed E-state index contributed by atoms with van der Waals surface area (Å²) in [6.07, 6.45) is 4.87. The van der Waals surface area contributed by atoms with Crippen LogP contribution in [-0.2, 0) is 4.74 Å². The minimum absolute atomic E-state index is 0.349. The molecule has 2 aliphatic carbocycles. The van der Waals surface area contributed by atoms with Gasteiger partial charge in [0, 0.05) is 6.54 Å². The summed E-state index contributed by atoms with van der Waals surface area (Å²) in [7, 11) is 4.23. The van der Waals surface area contributed by atoms with Gasteiger partial charge < -0.3 is 9.64 Å². The highest BCUT2D eigenvalue weighted by Crippen LogP contribution is 2.66. The van der Waals surface area contributed by atoms with Crippen molar-refractivity contribution in [2.75, 3.05) is 20.6 Å². The lowest BCUT2D eigenvalue weighted by atomic mass is 9.70. The third kappa shape index (κ3) is 2.04. The van der Waals surface area contributed by atoms with Crippen LogP contribution in [0.1, 0.15) is 47.0 Å². The molecule has 0 saturated heterocycles. The zero-order valence-electron chi connectivity index (χ0n) is 12.4. The van der Waals surface area contributed by atoms with E-state index in [2.05, 4.69) is 46.7 Å². The molecule has 0 N–H and O–H groups in total.